The van der Waals surface area contributed by atoms with E-state index in [0.29, 0.717) is 16.7 Å². The summed E-state index contributed by atoms with van der Waals surface area (Å²) in [6.45, 7) is 1.86. The number of thiazole rings is 1. The zero-order chi connectivity index (χ0) is 26.0. The minimum atomic E-state index is -0.393. The maximum absolute atomic E-state index is 12.8. The number of rotatable bonds is 11. The van der Waals surface area contributed by atoms with E-state index in [2.05, 4.69) is 34.6 Å². The Labute approximate surface area is 220 Å². The van der Waals surface area contributed by atoms with E-state index in [-0.39, 0.29) is 43.7 Å². The third kappa shape index (κ3) is 7.74. The van der Waals surface area contributed by atoms with Crippen LogP contribution in [-0.4, -0.2) is 72.4 Å². The van der Waals surface area contributed by atoms with Crippen molar-refractivity contribution < 1.29 is 23.5 Å². The zero-order valence-corrected chi connectivity index (χ0v) is 21.7. The molecule has 1 aliphatic heterocycles. The van der Waals surface area contributed by atoms with Crippen molar-refractivity contribution in [1.82, 2.24) is 14.8 Å². The molecule has 9 nitrogen and oxygen atoms in total. The summed E-state index contributed by atoms with van der Waals surface area (Å²) in [6.07, 6.45) is 4.65. The van der Waals surface area contributed by atoms with Crippen molar-refractivity contribution in [3.05, 3.63) is 71.1 Å². The summed E-state index contributed by atoms with van der Waals surface area (Å²) in [7, 11) is 1.53. The van der Waals surface area contributed by atoms with Gasteiger partial charge in [-0.25, -0.2) is 4.98 Å². The number of anilines is 1. The molecule has 2 aromatic heterocycles. The highest BCUT2D eigenvalue weighted by Crippen LogP contribution is 2.23. The van der Waals surface area contributed by atoms with Crippen molar-refractivity contribution in [1.29, 1.82) is 0 Å². The van der Waals surface area contributed by atoms with Crippen LogP contribution in [-0.2, 0) is 27.2 Å². The van der Waals surface area contributed by atoms with Crippen LogP contribution in [0.25, 0.3) is 0 Å². The van der Waals surface area contributed by atoms with E-state index in [4.69, 9.17) is 9.15 Å². The van der Waals surface area contributed by atoms with Crippen LogP contribution in [0.2, 0.25) is 0 Å². The molecule has 1 aliphatic rings. The van der Waals surface area contributed by atoms with Crippen LogP contribution in [0, 0.1) is 5.92 Å². The van der Waals surface area contributed by atoms with Gasteiger partial charge in [0.15, 0.2) is 10.9 Å². The number of furan rings is 1. The Bertz CT molecular complexity index is 1160. The molecule has 0 radical (unpaired) electrons. The standard InChI is InChI=1S/C27H32N4O5S/c1-35-15-13-31(26(34)23-8-5-14-36-23)18-24(32)29-27-28-22(19-37-27)17-25(33)30-11-9-21(10-12-30)16-20-6-3-2-4-7-20/h2-8,14,19,21H,9-13,15-18H2,1H3,(H,28,29,32). The fraction of sp³-hybridized carbons (Fsp3) is 0.407. The lowest BCUT2D eigenvalue weighted by Crippen LogP contribution is -2.40. The number of hydrogen-bond acceptors (Lipinski definition) is 7. The molecule has 0 bridgehead atoms. The molecule has 4 rings (SSSR count). The lowest BCUT2D eigenvalue weighted by atomic mass is 9.90. The Kier molecular flexibility index (Phi) is 9.45. The van der Waals surface area contributed by atoms with Gasteiger partial charge in [-0.05, 0) is 42.9 Å². The summed E-state index contributed by atoms with van der Waals surface area (Å²) in [5, 5.41) is 4.91. The van der Waals surface area contributed by atoms with Crippen molar-refractivity contribution >= 4 is 34.2 Å². The normalized spacial score (nSPS) is 13.9. The highest BCUT2D eigenvalue weighted by atomic mass is 32.1. The number of carbonyl (C=O) groups excluding carboxylic acids is 3. The Balaban J connectivity index is 1.24. The van der Waals surface area contributed by atoms with Crippen molar-refractivity contribution in [3.63, 3.8) is 0 Å². The molecule has 1 N–H and O–H groups in total. The van der Waals surface area contributed by atoms with Gasteiger partial charge in [0.1, 0.15) is 6.54 Å². The van der Waals surface area contributed by atoms with Crippen molar-refractivity contribution in [3.8, 4) is 0 Å². The summed E-state index contributed by atoms with van der Waals surface area (Å²) in [6, 6.07) is 13.6. The van der Waals surface area contributed by atoms with Gasteiger partial charge in [-0.2, -0.15) is 0 Å². The number of nitrogens with zero attached hydrogens (tertiary/aromatic N) is 3. The average Bonchev–Trinajstić information content (AvgIpc) is 3.60. The molecular weight excluding hydrogens is 492 g/mol. The Morgan fingerprint density at radius 1 is 1.16 bits per heavy atom. The van der Waals surface area contributed by atoms with Crippen molar-refractivity contribution in [2.45, 2.75) is 25.7 Å². The molecule has 3 aromatic rings. The zero-order valence-electron chi connectivity index (χ0n) is 20.9. The molecule has 0 spiro atoms. The summed E-state index contributed by atoms with van der Waals surface area (Å²) in [5.74, 6) is 0.0220. The van der Waals surface area contributed by atoms with Gasteiger partial charge >= 0.3 is 0 Å². The van der Waals surface area contributed by atoms with Gasteiger partial charge in [0.2, 0.25) is 11.8 Å². The lowest BCUT2D eigenvalue weighted by Gasteiger charge is -2.32. The minimum Gasteiger partial charge on any atom is -0.459 e. The topological polar surface area (TPSA) is 105 Å². The summed E-state index contributed by atoms with van der Waals surface area (Å²) in [5.41, 5.74) is 1.97. The number of nitrogens with one attached hydrogen (secondary N) is 1. The van der Waals surface area contributed by atoms with E-state index in [0.717, 1.165) is 32.4 Å². The molecule has 3 heterocycles. The van der Waals surface area contributed by atoms with Gasteiger partial charge in [-0.3, -0.25) is 14.4 Å². The molecule has 1 fully saturated rings. The van der Waals surface area contributed by atoms with E-state index < -0.39 is 5.91 Å². The Morgan fingerprint density at radius 3 is 2.65 bits per heavy atom. The van der Waals surface area contributed by atoms with Crippen LogP contribution in [0.1, 0.15) is 34.7 Å². The van der Waals surface area contributed by atoms with E-state index in [1.54, 1.807) is 17.5 Å². The van der Waals surface area contributed by atoms with Gasteiger partial charge in [-0.1, -0.05) is 30.3 Å². The predicted octanol–water partition coefficient (Wildman–Crippen LogP) is 3.49. The van der Waals surface area contributed by atoms with Crippen LogP contribution >= 0.6 is 11.3 Å². The van der Waals surface area contributed by atoms with E-state index in [1.807, 2.05) is 11.0 Å². The second-order valence-corrected chi connectivity index (χ2v) is 9.94. The Hall–Kier alpha value is -3.50. The third-order valence-electron chi connectivity index (χ3n) is 6.38. The maximum Gasteiger partial charge on any atom is 0.290 e. The number of ether oxygens (including phenoxy) is 1. The van der Waals surface area contributed by atoms with Crippen molar-refractivity contribution in [2.24, 2.45) is 5.92 Å². The lowest BCUT2D eigenvalue weighted by molar-refractivity contribution is -0.131. The largest absolute Gasteiger partial charge is 0.459 e. The molecule has 1 saturated heterocycles. The van der Waals surface area contributed by atoms with Gasteiger partial charge < -0.3 is 24.3 Å². The summed E-state index contributed by atoms with van der Waals surface area (Å²) < 4.78 is 10.2. The molecular formula is C27H32N4O5S. The molecule has 196 valence electrons. The summed E-state index contributed by atoms with van der Waals surface area (Å²) >= 11 is 1.26. The van der Waals surface area contributed by atoms with Crippen molar-refractivity contribution in [2.75, 3.05) is 45.2 Å². The molecule has 0 saturated carbocycles. The molecule has 10 heteroatoms. The first-order valence-corrected chi connectivity index (χ1v) is 13.3. The number of hydrogen-bond donors (Lipinski definition) is 1. The first-order valence-electron chi connectivity index (χ1n) is 12.4. The van der Waals surface area contributed by atoms with Gasteiger partial charge in [0, 0.05) is 32.1 Å². The second-order valence-electron chi connectivity index (χ2n) is 9.08. The van der Waals surface area contributed by atoms with Crippen LogP contribution < -0.4 is 5.32 Å². The molecule has 1 aromatic carbocycles. The average molecular weight is 525 g/mol. The smallest absolute Gasteiger partial charge is 0.290 e. The van der Waals surface area contributed by atoms with Gasteiger partial charge in [-0.15, -0.1) is 11.3 Å². The van der Waals surface area contributed by atoms with Crippen LogP contribution in [0.15, 0.2) is 58.5 Å². The number of methoxy groups -OCH3 is 1. The second kappa shape index (κ2) is 13.2. The SMILES string of the molecule is COCCN(CC(=O)Nc1nc(CC(=O)N2CCC(Cc3ccccc3)CC2)cs1)C(=O)c1ccco1. The van der Waals surface area contributed by atoms with E-state index in [9.17, 15) is 14.4 Å². The first-order chi connectivity index (χ1) is 18.0. The highest BCUT2D eigenvalue weighted by molar-refractivity contribution is 7.13. The number of aromatic nitrogens is 1. The molecule has 37 heavy (non-hydrogen) atoms. The van der Waals surface area contributed by atoms with Gasteiger partial charge in [0.25, 0.3) is 5.91 Å². The molecule has 3 amide bonds. The quantitative estimate of drug-likeness (QED) is 0.412. The number of likely N-dealkylation sites (tertiary alicyclic amines) is 1. The fourth-order valence-electron chi connectivity index (χ4n) is 4.39. The minimum absolute atomic E-state index is 0.0520. The number of benzene rings is 1. The number of amides is 3. The van der Waals surface area contributed by atoms with Gasteiger partial charge in [0.05, 0.1) is 25.0 Å². The van der Waals surface area contributed by atoms with E-state index in [1.165, 1.54) is 35.2 Å². The number of piperidine rings is 1. The van der Waals surface area contributed by atoms with Crippen LogP contribution in [0.4, 0.5) is 5.13 Å². The van der Waals surface area contributed by atoms with Crippen LogP contribution in [0.3, 0.4) is 0 Å². The monoisotopic (exact) mass is 524 g/mol. The Morgan fingerprint density at radius 2 is 1.95 bits per heavy atom. The maximum atomic E-state index is 12.8. The third-order valence-corrected chi connectivity index (χ3v) is 7.19. The molecule has 0 atom stereocenters. The predicted molar refractivity (Wildman–Crippen MR) is 140 cm³/mol. The molecule has 0 aliphatic carbocycles. The van der Waals surface area contributed by atoms with E-state index >= 15 is 0 Å². The van der Waals surface area contributed by atoms with Crippen LogP contribution in [0.5, 0.6) is 0 Å². The fourth-order valence-corrected chi connectivity index (χ4v) is 5.11. The highest BCUT2D eigenvalue weighted by Gasteiger charge is 2.24. The summed E-state index contributed by atoms with van der Waals surface area (Å²) in [4.78, 5) is 45.8. The molecule has 0 unspecified atom stereocenters. The first kappa shape index (κ1) is 26.6. The number of carbonyl (C=O) groups is 3.